The summed E-state index contributed by atoms with van der Waals surface area (Å²) < 4.78 is 0. The van der Waals surface area contributed by atoms with Crippen LogP contribution >= 0.6 is 0 Å². The van der Waals surface area contributed by atoms with Crippen molar-refractivity contribution in [1.82, 2.24) is 0 Å². The molecule has 0 N–H and O–H groups in total. The second-order valence-electron chi connectivity index (χ2n) is 7.66. The first-order chi connectivity index (χ1) is 8.90. The third-order valence-corrected chi connectivity index (χ3v) is 6.99. The van der Waals surface area contributed by atoms with Gasteiger partial charge in [0.2, 0.25) is 0 Å². The van der Waals surface area contributed by atoms with Gasteiger partial charge in [-0.2, -0.15) is 0 Å². The summed E-state index contributed by atoms with van der Waals surface area (Å²) in [6.07, 6.45) is 17.2. The van der Waals surface area contributed by atoms with Gasteiger partial charge in [-0.1, -0.05) is 23.3 Å². The number of hydrogen-bond acceptors (Lipinski definition) is 0. The van der Waals surface area contributed by atoms with E-state index in [1.165, 1.54) is 38.5 Å². The highest BCUT2D eigenvalue weighted by molar-refractivity contribution is 5.29. The van der Waals surface area contributed by atoms with Crippen LogP contribution in [0.25, 0.3) is 0 Å². The van der Waals surface area contributed by atoms with Crippen molar-refractivity contribution in [3.05, 3.63) is 23.3 Å². The number of allylic oxidation sites excluding steroid dienone is 4. The molecule has 0 amide bonds. The Hall–Kier alpha value is -0.520. The van der Waals surface area contributed by atoms with Crippen molar-refractivity contribution < 1.29 is 0 Å². The lowest BCUT2D eigenvalue weighted by Gasteiger charge is -2.49. The summed E-state index contributed by atoms with van der Waals surface area (Å²) in [5.74, 6) is 6.46. The minimum Gasteiger partial charge on any atom is -0.0850 e. The van der Waals surface area contributed by atoms with Crippen molar-refractivity contribution in [2.24, 2.45) is 35.5 Å². The van der Waals surface area contributed by atoms with Gasteiger partial charge in [-0.05, 0) is 86.9 Å². The van der Waals surface area contributed by atoms with Crippen LogP contribution in [0.1, 0.15) is 51.4 Å². The molecule has 96 valence electrons. The largest absolute Gasteiger partial charge is 0.0850 e. The molecule has 3 fully saturated rings. The van der Waals surface area contributed by atoms with E-state index in [1.807, 2.05) is 11.1 Å². The van der Waals surface area contributed by atoms with Crippen LogP contribution in [0, 0.1) is 35.5 Å². The molecule has 6 atom stereocenters. The lowest BCUT2D eigenvalue weighted by Crippen LogP contribution is -2.41. The van der Waals surface area contributed by atoms with Gasteiger partial charge in [0.05, 0.1) is 0 Å². The minimum absolute atomic E-state index is 1.01. The molecule has 6 aliphatic carbocycles. The fraction of sp³-hybridized carbons (Fsp3) is 0.778. The number of fused-ring (bicyclic) bond motifs is 2. The molecule has 6 rings (SSSR count). The summed E-state index contributed by atoms with van der Waals surface area (Å²) in [6.45, 7) is 0. The molecule has 0 aliphatic heterocycles. The zero-order chi connectivity index (χ0) is 11.7. The van der Waals surface area contributed by atoms with E-state index >= 15 is 0 Å². The highest BCUT2D eigenvalue weighted by Crippen LogP contribution is 2.66. The predicted octanol–water partition coefficient (Wildman–Crippen LogP) is 4.73. The van der Waals surface area contributed by atoms with E-state index in [0.29, 0.717) is 0 Å². The van der Waals surface area contributed by atoms with Crippen LogP contribution in [-0.4, -0.2) is 0 Å². The molecule has 3 saturated carbocycles. The van der Waals surface area contributed by atoms with Crippen molar-refractivity contribution in [1.29, 1.82) is 0 Å². The second kappa shape index (κ2) is 3.52. The van der Waals surface area contributed by atoms with Crippen LogP contribution in [0.3, 0.4) is 0 Å². The zero-order valence-corrected chi connectivity index (χ0v) is 11.3. The third-order valence-electron chi connectivity index (χ3n) is 6.99. The smallest absolute Gasteiger partial charge is 0.0159 e. The molecule has 0 aromatic heterocycles. The molecule has 6 unspecified atom stereocenters. The summed E-state index contributed by atoms with van der Waals surface area (Å²) in [5, 5.41) is 0. The third kappa shape index (κ3) is 1.22. The summed E-state index contributed by atoms with van der Waals surface area (Å²) in [4.78, 5) is 0. The van der Waals surface area contributed by atoms with Crippen molar-refractivity contribution in [2.45, 2.75) is 51.4 Å². The Labute approximate surface area is 111 Å². The molecular weight excluding hydrogens is 216 g/mol. The molecule has 6 aliphatic rings. The minimum atomic E-state index is 1.01. The molecule has 0 nitrogen and oxygen atoms in total. The maximum absolute atomic E-state index is 2.65. The second-order valence-corrected chi connectivity index (χ2v) is 7.66. The number of hydrogen-bond donors (Lipinski definition) is 0. The summed E-state index contributed by atoms with van der Waals surface area (Å²) in [7, 11) is 0. The summed E-state index contributed by atoms with van der Waals surface area (Å²) in [6, 6.07) is 0. The number of rotatable bonds is 1. The van der Waals surface area contributed by atoms with Gasteiger partial charge in [-0.3, -0.25) is 0 Å². The van der Waals surface area contributed by atoms with Gasteiger partial charge >= 0.3 is 0 Å². The fourth-order valence-electron chi connectivity index (χ4n) is 6.35. The summed E-state index contributed by atoms with van der Waals surface area (Å²) in [5.41, 5.74) is 3.71. The molecule has 0 heteroatoms. The van der Waals surface area contributed by atoms with Crippen molar-refractivity contribution in [3.63, 3.8) is 0 Å². The molecule has 0 saturated heterocycles. The van der Waals surface area contributed by atoms with Crippen LogP contribution in [0.4, 0.5) is 0 Å². The quantitative estimate of drug-likeness (QED) is 0.581. The Morgan fingerprint density at radius 2 is 1.94 bits per heavy atom. The maximum Gasteiger partial charge on any atom is -0.0159 e. The van der Waals surface area contributed by atoms with Crippen LogP contribution in [0.15, 0.2) is 23.3 Å². The Bertz CT molecular complexity index is 441. The average Bonchev–Trinajstić information content (AvgIpc) is 2.97. The van der Waals surface area contributed by atoms with Gasteiger partial charge < -0.3 is 0 Å². The molecule has 0 spiro atoms. The van der Waals surface area contributed by atoms with E-state index in [1.54, 1.807) is 12.8 Å². The Kier molecular flexibility index (Phi) is 2.01. The lowest BCUT2D eigenvalue weighted by atomic mass is 9.56. The normalized spacial score (nSPS) is 52.4. The Balaban J connectivity index is 1.45. The average molecular weight is 240 g/mol. The van der Waals surface area contributed by atoms with Crippen molar-refractivity contribution in [2.75, 3.05) is 0 Å². The van der Waals surface area contributed by atoms with Crippen LogP contribution in [0.5, 0.6) is 0 Å². The highest BCUT2D eigenvalue weighted by Gasteiger charge is 2.58. The van der Waals surface area contributed by atoms with Gasteiger partial charge in [0.1, 0.15) is 0 Å². The standard InChI is InChI=1S/C18H24/c1-2-4-12(5-3-1)15-9-13-10-17(15)18-14-6-11(7-14)8-16(13)18/h4,6,13-18H,1-3,5,7-10H2. The first kappa shape index (κ1) is 10.3. The molecule has 18 heavy (non-hydrogen) atoms. The molecule has 0 aromatic carbocycles. The SMILES string of the molecule is C1=C2CC1C1C(C2)C2CC(C3=CCCCC3)C1C2. The van der Waals surface area contributed by atoms with E-state index in [9.17, 15) is 0 Å². The van der Waals surface area contributed by atoms with E-state index < -0.39 is 0 Å². The maximum atomic E-state index is 2.65. The Morgan fingerprint density at radius 1 is 1.00 bits per heavy atom. The first-order valence-electron chi connectivity index (χ1n) is 8.28. The monoisotopic (exact) mass is 240 g/mol. The topological polar surface area (TPSA) is 0 Å². The van der Waals surface area contributed by atoms with Gasteiger partial charge in [0, 0.05) is 0 Å². The van der Waals surface area contributed by atoms with Crippen LogP contribution in [0.2, 0.25) is 0 Å². The molecule has 0 heterocycles. The predicted molar refractivity (Wildman–Crippen MR) is 74.0 cm³/mol. The fourth-order valence-corrected chi connectivity index (χ4v) is 6.35. The molecular formula is C18H24. The Morgan fingerprint density at radius 3 is 2.78 bits per heavy atom. The van der Waals surface area contributed by atoms with Crippen molar-refractivity contribution >= 4 is 0 Å². The van der Waals surface area contributed by atoms with Gasteiger partial charge in [-0.15, -0.1) is 0 Å². The highest BCUT2D eigenvalue weighted by atomic mass is 14.6. The van der Waals surface area contributed by atoms with E-state index in [-0.39, 0.29) is 0 Å². The van der Waals surface area contributed by atoms with Gasteiger partial charge in [0.15, 0.2) is 0 Å². The van der Waals surface area contributed by atoms with Gasteiger partial charge in [0.25, 0.3) is 0 Å². The van der Waals surface area contributed by atoms with Crippen molar-refractivity contribution in [3.8, 4) is 0 Å². The molecule has 4 bridgehead atoms. The lowest BCUT2D eigenvalue weighted by molar-refractivity contribution is 0.0950. The zero-order valence-electron chi connectivity index (χ0n) is 11.3. The van der Waals surface area contributed by atoms with E-state index in [2.05, 4.69) is 12.2 Å². The van der Waals surface area contributed by atoms with Crippen LogP contribution < -0.4 is 0 Å². The molecule has 0 aromatic rings. The van der Waals surface area contributed by atoms with E-state index in [0.717, 1.165) is 35.5 Å². The van der Waals surface area contributed by atoms with Gasteiger partial charge in [-0.25, -0.2) is 0 Å². The first-order valence-corrected chi connectivity index (χ1v) is 8.28. The van der Waals surface area contributed by atoms with E-state index in [4.69, 9.17) is 0 Å². The molecule has 0 radical (unpaired) electrons. The van der Waals surface area contributed by atoms with Crippen LogP contribution in [-0.2, 0) is 0 Å². The summed E-state index contributed by atoms with van der Waals surface area (Å²) >= 11 is 0.